The highest BCUT2D eigenvalue weighted by atomic mass is 32.2. The molecular weight excluding hydrogens is 192 g/mol. The third kappa shape index (κ3) is 2.90. The number of ether oxygens (including phenoxy) is 1. The second-order valence-electron chi connectivity index (χ2n) is 2.92. The molecule has 12 heavy (non-hydrogen) atoms. The standard InChI is InChI=1S/C8H14O2S2/c1-5-6(2)12-8(4-11-5)10-7(3)9/h5-6,8H,4H2,1-3H3. The second-order valence-corrected chi connectivity index (χ2v) is 5.87. The minimum absolute atomic E-state index is 0.0682. The predicted octanol–water partition coefficient (Wildman–Crippen LogP) is 2.13. The van der Waals surface area contributed by atoms with Crippen molar-refractivity contribution in [2.45, 2.75) is 36.7 Å². The summed E-state index contributed by atoms with van der Waals surface area (Å²) < 4.78 is 5.11. The van der Waals surface area contributed by atoms with E-state index in [1.165, 1.54) is 6.92 Å². The topological polar surface area (TPSA) is 26.3 Å². The zero-order chi connectivity index (χ0) is 9.14. The molecule has 0 aliphatic carbocycles. The summed E-state index contributed by atoms with van der Waals surface area (Å²) in [6.45, 7) is 5.86. The Morgan fingerprint density at radius 3 is 2.58 bits per heavy atom. The van der Waals surface area contributed by atoms with Crippen LogP contribution in [0.4, 0.5) is 0 Å². The van der Waals surface area contributed by atoms with Crippen molar-refractivity contribution < 1.29 is 9.53 Å². The Hall–Kier alpha value is 0.170. The molecule has 0 aromatic heterocycles. The minimum Gasteiger partial charge on any atom is -0.451 e. The number of carbonyl (C=O) groups excluding carboxylic acids is 1. The monoisotopic (exact) mass is 206 g/mol. The van der Waals surface area contributed by atoms with Crippen LogP contribution < -0.4 is 0 Å². The first kappa shape index (κ1) is 10.3. The van der Waals surface area contributed by atoms with Crippen LogP contribution in [-0.2, 0) is 9.53 Å². The Kier molecular flexibility index (Phi) is 3.77. The van der Waals surface area contributed by atoms with Gasteiger partial charge in [0, 0.05) is 23.2 Å². The fourth-order valence-corrected chi connectivity index (χ4v) is 3.67. The molecule has 3 unspecified atom stereocenters. The molecule has 4 heteroatoms. The van der Waals surface area contributed by atoms with Gasteiger partial charge in [-0.25, -0.2) is 0 Å². The number of hydrogen-bond donors (Lipinski definition) is 0. The first-order chi connectivity index (χ1) is 5.59. The number of carbonyl (C=O) groups is 1. The van der Waals surface area contributed by atoms with Gasteiger partial charge < -0.3 is 4.74 Å². The van der Waals surface area contributed by atoms with E-state index in [0.29, 0.717) is 10.5 Å². The van der Waals surface area contributed by atoms with Gasteiger partial charge in [-0.3, -0.25) is 4.79 Å². The molecule has 3 atom stereocenters. The Morgan fingerprint density at radius 2 is 2.08 bits per heavy atom. The minimum atomic E-state index is -0.171. The molecule has 0 radical (unpaired) electrons. The third-order valence-corrected chi connectivity index (χ3v) is 5.04. The molecule has 1 aliphatic heterocycles. The van der Waals surface area contributed by atoms with E-state index in [0.717, 1.165) is 5.75 Å². The average molecular weight is 206 g/mol. The van der Waals surface area contributed by atoms with Crippen LogP contribution in [0.15, 0.2) is 0 Å². The summed E-state index contributed by atoms with van der Waals surface area (Å²) in [5, 5.41) is 1.25. The lowest BCUT2D eigenvalue weighted by molar-refractivity contribution is -0.141. The highest BCUT2D eigenvalue weighted by Crippen LogP contribution is 2.35. The molecule has 0 N–H and O–H groups in total. The Labute approximate surface area is 81.8 Å². The van der Waals surface area contributed by atoms with Crippen LogP contribution in [0.25, 0.3) is 0 Å². The van der Waals surface area contributed by atoms with Gasteiger partial charge in [0.2, 0.25) is 0 Å². The first-order valence-corrected chi connectivity index (χ1v) is 6.03. The van der Waals surface area contributed by atoms with Gasteiger partial charge in [0.15, 0.2) is 5.44 Å². The largest absolute Gasteiger partial charge is 0.451 e. The molecule has 0 aromatic rings. The zero-order valence-electron chi connectivity index (χ0n) is 7.57. The lowest BCUT2D eigenvalue weighted by Gasteiger charge is -2.30. The molecule has 0 saturated carbocycles. The van der Waals surface area contributed by atoms with Crippen molar-refractivity contribution in [2.75, 3.05) is 5.75 Å². The molecule has 1 rings (SSSR count). The highest BCUT2D eigenvalue weighted by Gasteiger charge is 2.27. The second kappa shape index (κ2) is 4.42. The summed E-state index contributed by atoms with van der Waals surface area (Å²) >= 11 is 3.64. The van der Waals surface area contributed by atoms with Crippen molar-refractivity contribution in [3.8, 4) is 0 Å². The van der Waals surface area contributed by atoms with Gasteiger partial charge in [0.1, 0.15) is 0 Å². The predicted molar refractivity (Wildman–Crippen MR) is 54.5 cm³/mol. The quantitative estimate of drug-likeness (QED) is 0.614. The highest BCUT2D eigenvalue weighted by molar-refractivity contribution is 8.07. The first-order valence-electron chi connectivity index (χ1n) is 4.04. The van der Waals surface area contributed by atoms with Crippen LogP contribution in [0.2, 0.25) is 0 Å². The summed E-state index contributed by atoms with van der Waals surface area (Å²) in [6, 6.07) is 0. The number of hydrogen-bond acceptors (Lipinski definition) is 4. The summed E-state index contributed by atoms with van der Waals surface area (Å²) in [4.78, 5) is 10.7. The van der Waals surface area contributed by atoms with E-state index in [1.807, 2.05) is 11.8 Å². The van der Waals surface area contributed by atoms with Gasteiger partial charge in [0.25, 0.3) is 0 Å². The number of thioether (sulfide) groups is 2. The number of esters is 1. The molecule has 70 valence electrons. The van der Waals surface area contributed by atoms with E-state index in [2.05, 4.69) is 13.8 Å². The molecule has 0 aromatic carbocycles. The summed E-state index contributed by atoms with van der Waals surface area (Å²) in [6.07, 6.45) is 0. The normalized spacial score (nSPS) is 36.1. The van der Waals surface area contributed by atoms with Crippen LogP contribution in [0.5, 0.6) is 0 Å². The SMILES string of the molecule is CC(=O)OC1CSC(C)C(C)S1. The van der Waals surface area contributed by atoms with Crippen molar-refractivity contribution in [3.05, 3.63) is 0 Å². The van der Waals surface area contributed by atoms with Gasteiger partial charge >= 0.3 is 5.97 Å². The van der Waals surface area contributed by atoms with Crippen molar-refractivity contribution >= 4 is 29.5 Å². The summed E-state index contributed by atoms with van der Waals surface area (Å²) in [7, 11) is 0. The van der Waals surface area contributed by atoms with Crippen molar-refractivity contribution in [2.24, 2.45) is 0 Å². The molecule has 0 spiro atoms. The summed E-state index contributed by atoms with van der Waals surface area (Å²) in [5.41, 5.74) is 0.0682. The maximum atomic E-state index is 10.7. The van der Waals surface area contributed by atoms with Crippen LogP contribution in [0.1, 0.15) is 20.8 Å². The van der Waals surface area contributed by atoms with Gasteiger partial charge in [-0.05, 0) is 0 Å². The van der Waals surface area contributed by atoms with Crippen LogP contribution in [0.3, 0.4) is 0 Å². The maximum absolute atomic E-state index is 10.7. The molecule has 0 bridgehead atoms. The Morgan fingerprint density at radius 1 is 1.42 bits per heavy atom. The van der Waals surface area contributed by atoms with Crippen molar-refractivity contribution in [1.29, 1.82) is 0 Å². The lowest BCUT2D eigenvalue weighted by Crippen LogP contribution is -2.28. The average Bonchev–Trinajstić information content (AvgIpc) is 1.96. The van der Waals surface area contributed by atoms with Gasteiger partial charge in [0.05, 0.1) is 0 Å². The van der Waals surface area contributed by atoms with E-state index in [-0.39, 0.29) is 11.4 Å². The fraction of sp³-hybridized carbons (Fsp3) is 0.875. The summed E-state index contributed by atoms with van der Waals surface area (Å²) in [5.74, 6) is 0.755. The molecule has 1 heterocycles. The number of rotatable bonds is 1. The van der Waals surface area contributed by atoms with Crippen molar-refractivity contribution in [3.63, 3.8) is 0 Å². The molecule has 2 nitrogen and oxygen atoms in total. The Bertz CT molecular complexity index is 172. The van der Waals surface area contributed by atoms with Crippen LogP contribution >= 0.6 is 23.5 Å². The van der Waals surface area contributed by atoms with E-state index in [4.69, 9.17) is 4.74 Å². The van der Waals surface area contributed by atoms with Gasteiger partial charge in [-0.1, -0.05) is 13.8 Å². The molecule has 0 amide bonds. The molecule has 1 aliphatic rings. The maximum Gasteiger partial charge on any atom is 0.303 e. The lowest BCUT2D eigenvalue weighted by atomic mass is 10.4. The van der Waals surface area contributed by atoms with Crippen LogP contribution in [-0.4, -0.2) is 27.7 Å². The fourth-order valence-electron chi connectivity index (χ4n) is 1.00. The molecular formula is C8H14O2S2. The van der Waals surface area contributed by atoms with E-state index >= 15 is 0 Å². The van der Waals surface area contributed by atoms with Gasteiger partial charge in [-0.2, -0.15) is 11.8 Å². The van der Waals surface area contributed by atoms with Crippen LogP contribution in [0, 0.1) is 0 Å². The van der Waals surface area contributed by atoms with E-state index in [1.54, 1.807) is 11.8 Å². The van der Waals surface area contributed by atoms with Gasteiger partial charge in [-0.15, -0.1) is 11.8 Å². The molecule has 1 fully saturated rings. The zero-order valence-corrected chi connectivity index (χ0v) is 9.21. The van der Waals surface area contributed by atoms with E-state index in [9.17, 15) is 4.79 Å². The smallest absolute Gasteiger partial charge is 0.303 e. The molecule has 1 saturated heterocycles. The van der Waals surface area contributed by atoms with Crippen molar-refractivity contribution in [1.82, 2.24) is 0 Å². The third-order valence-electron chi connectivity index (χ3n) is 1.82. The Balaban J connectivity index is 2.35. The van der Waals surface area contributed by atoms with E-state index < -0.39 is 0 Å².